The summed E-state index contributed by atoms with van der Waals surface area (Å²) in [6.45, 7) is 2.39. The summed E-state index contributed by atoms with van der Waals surface area (Å²) in [7, 11) is 0. The summed E-state index contributed by atoms with van der Waals surface area (Å²) < 4.78 is 39.8. The summed E-state index contributed by atoms with van der Waals surface area (Å²) in [5.41, 5.74) is 6.35. The van der Waals surface area contributed by atoms with Crippen molar-refractivity contribution in [3.63, 3.8) is 0 Å². The molecule has 0 unspecified atom stereocenters. The molecule has 1 heterocycles. The minimum Gasteiger partial charge on any atom is -0.397 e. The van der Waals surface area contributed by atoms with Crippen LogP contribution in [-0.2, 0) is 0 Å². The molecule has 0 radical (unpaired) electrons. The van der Waals surface area contributed by atoms with Crippen LogP contribution in [0.1, 0.15) is 43.2 Å². The second kappa shape index (κ2) is 5.61. The van der Waals surface area contributed by atoms with Gasteiger partial charge in [0.05, 0.1) is 5.69 Å². The van der Waals surface area contributed by atoms with Crippen molar-refractivity contribution in [2.24, 2.45) is 5.92 Å². The highest BCUT2D eigenvalue weighted by Gasteiger charge is 2.36. The van der Waals surface area contributed by atoms with Crippen LogP contribution in [-0.4, -0.2) is 34.6 Å². The van der Waals surface area contributed by atoms with E-state index >= 15 is 0 Å². The zero-order chi connectivity index (χ0) is 15.8. The molecule has 1 fully saturated rings. The van der Waals surface area contributed by atoms with Crippen molar-refractivity contribution in [1.29, 1.82) is 0 Å². The molecule has 0 aromatic carbocycles. The minimum atomic E-state index is -4.41. The number of nitrogens with two attached hydrogens (primary N) is 1. The molecule has 1 aliphatic rings. The van der Waals surface area contributed by atoms with E-state index in [1.807, 2.05) is 0 Å². The van der Waals surface area contributed by atoms with Gasteiger partial charge in [-0.15, -0.1) is 0 Å². The summed E-state index contributed by atoms with van der Waals surface area (Å²) in [5, 5.41) is 0. The van der Waals surface area contributed by atoms with Crippen molar-refractivity contribution in [2.45, 2.75) is 38.9 Å². The van der Waals surface area contributed by atoms with Crippen molar-refractivity contribution >= 4 is 11.6 Å². The van der Waals surface area contributed by atoms with Gasteiger partial charge >= 0.3 is 6.18 Å². The van der Waals surface area contributed by atoms with Crippen LogP contribution in [0.3, 0.4) is 0 Å². The van der Waals surface area contributed by atoms with Gasteiger partial charge in [-0.25, -0.2) is 0 Å². The Morgan fingerprint density at radius 3 is 2.57 bits per heavy atom. The van der Waals surface area contributed by atoms with E-state index in [-0.39, 0.29) is 24.2 Å². The number of aromatic nitrogens is 1. The second-order valence-electron chi connectivity index (χ2n) is 5.99. The van der Waals surface area contributed by atoms with Gasteiger partial charge in [0.15, 0.2) is 0 Å². The molecule has 21 heavy (non-hydrogen) atoms. The van der Waals surface area contributed by atoms with E-state index in [0.717, 1.165) is 17.7 Å². The maximum Gasteiger partial charge on any atom is 0.406 e. The maximum atomic E-state index is 12.7. The van der Waals surface area contributed by atoms with E-state index in [0.29, 0.717) is 5.69 Å². The van der Waals surface area contributed by atoms with Crippen LogP contribution in [0, 0.1) is 5.92 Å². The Balaban J connectivity index is 2.24. The van der Waals surface area contributed by atoms with E-state index in [2.05, 4.69) is 0 Å². The third kappa shape index (κ3) is 4.15. The topological polar surface area (TPSA) is 51.3 Å². The number of amides is 1. The number of hydrogen-bond acceptors (Lipinski definition) is 2. The standard InChI is InChI=1S/C14H20F3N3O/c1-9(2)6-19(8-14(15,16)17)13(21)12-5-10(18)7-20(12)11-3-4-11/h5,7,9,11H,3-4,6,8,18H2,1-2H3. The number of nitrogens with zero attached hydrogens (tertiary/aromatic N) is 2. The number of rotatable bonds is 5. The predicted molar refractivity (Wildman–Crippen MR) is 73.9 cm³/mol. The molecular formula is C14H20F3N3O. The fourth-order valence-electron chi connectivity index (χ4n) is 2.37. The van der Waals surface area contributed by atoms with Gasteiger partial charge < -0.3 is 15.2 Å². The molecule has 1 aliphatic carbocycles. The summed E-state index contributed by atoms with van der Waals surface area (Å²) in [5.74, 6) is -0.650. The third-order valence-electron chi connectivity index (χ3n) is 3.27. The quantitative estimate of drug-likeness (QED) is 0.909. The van der Waals surface area contributed by atoms with Gasteiger partial charge in [0, 0.05) is 18.8 Å². The Bertz CT molecular complexity index is 518. The molecule has 7 heteroatoms. The van der Waals surface area contributed by atoms with Gasteiger partial charge in [0.2, 0.25) is 0 Å². The molecule has 0 aliphatic heterocycles. The Labute approximate surface area is 121 Å². The average Bonchev–Trinajstić information content (AvgIpc) is 3.08. The number of halogens is 3. The van der Waals surface area contributed by atoms with E-state index in [4.69, 9.17) is 5.73 Å². The van der Waals surface area contributed by atoms with Gasteiger partial charge in [0.25, 0.3) is 5.91 Å². The van der Waals surface area contributed by atoms with Gasteiger partial charge in [-0.1, -0.05) is 13.8 Å². The van der Waals surface area contributed by atoms with Crippen molar-refractivity contribution in [2.75, 3.05) is 18.8 Å². The van der Waals surface area contributed by atoms with Crippen LogP contribution in [0.25, 0.3) is 0 Å². The fraction of sp³-hybridized carbons (Fsp3) is 0.643. The van der Waals surface area contributed by atoms with Crippen LogP contribution >= 0.6 is 0 Å². The lowest BCUT2D eigenvalue weighted by molar-refractivity contribution is -0.141. The van der Waals surface area contributed by atoms with E-state index in [9.17, 15) is 18.0 Å². The smallest absolute Gasteiger partial charge is 0.397 e. The summed E-state index contributed by atoms with van der Waals surface area (Å²) in [6, 6.07) is 1.65. The Morgan fingerprint density at radius 1 is 1.48 bits per heavy atom. The highest BCUT2D eigenvalue weighted by atomic mass is 19.4. The Morgan fingerprint density at radius 2 is 2.10 bits per heavy atom. The first-order valence-electron chi connectivity index (χ1n) is 7.00. The molecule has 1 aromatic heterocycles. The Kier molecular flexibility index (Phi) is 4.20. The van der Waals surface area contributed by atoms with Gasteiger partial charge in [0.1, 0.15) is 12.2 Å². The largest absolute Gasteiger partial charge is 0.406 e. The minimum absolute atomic E-state index is 0.0435. The van der Waals surface area contributed by atoms with Gasteiger partial charge in [-0.2, -0.15) is 13.2 Å². The Hall–Kier alpha value is -1.66. The monoisotopic (exact) mass is 303 g/mol. The van der Waals surface area contributed by atoms with Crippen molar-refractivity contribution < 1.29 is 18.0 Å². The number of anilines is 1. The van der Waals surface area contributed by atoms with Crippen LogP contribution in [0.4, 0.5) is 18.9 Å². The summed E-state index contributed by atoms with van der Waals surface area (Å²) in [6.07, 6.45) is -0.922. The summed E-state index contributed by atoms with van der Waals surface area (Å²) in [4.78, 5) is 13.3. The highest BCUT2D eigenvalue weighted by Crippen LogP contribution is 2.37. The number of carbonyl (C=O) groups excluding carboxylic acids is 1. The molecule has 0 atom stereocenters. The normalized spacial score (nSPS) is 15.5. The van der Waals surface area contributed by atoms with Crippen LogP contribution in [0.5, 0.6) is 0 Å². The molecular weight excluding hydrogens is 283 g/mol. The predicted octanol–water partition coefficient (Wildman–Crippen LogP) is 3.07. The van der Waals surface area contributed by atoms with Crippen LogP contribution in [0.15, 0.2) is 12.3 Å². The number of alkyl halides is 3. The first-order chi connectivity index (χ1) is 9.67. The average molecular weight is 303 g/mol. The summed E-state index contributed by atoms with van der Waals surface area (Å²) >= 11 is 0. The van der Waals surface area contributed by atoms with Crippen molar-refractivity contribution in [1.82, 2.24) is 9.47 Å². The number of hydrogen-bond donors (Lipinski definition) is 1. The molecule has 4 nitrogen and oxygen atoms in total. The van der Waals surface area contributed by atoms with E-state index < -0.39 is 18.6 Å². The molecule has 118 valence electrons. The molecule has 0 bridgehead atoms. The molecule has 1 aromatic rings. The van der Waals surface area contributed by atoms with Gasteiger partial charge in [-0.05, 0) is 24.8 Å². The molecule has 1 amide bonds. The van der Waals surface area contributed by atoms with E-state index in [1.54, 1.807) is 24.6 Å². The molecule has 2 rings (SSSR count). The van der Waals surface area contributed by atoms with Crippen LogP contribution in [0.2, 0.25) is 0 Å². The zero-order valence-corrected chi connectivity index (χ0v) is 12.2. The highest BCUT2D eigenvalue weighted by molar-refractivity contribution is 5.94. The number of nitrogen functional groups attached to an aromatic ring is 1. The molecule has 1 saturated carbocycles. The first-order valence-corrected chi connectivity index (χ1v) is 7.00. The van der Waals surface area contributed by atoms with Crippen LogP contribution < -0.4 is 5.73 Å². The molecule has 0 saturated heterocycles. The first kappa shape index (κ1) is 15.7. The van der Waals surface area contributed by atoms with Gasteiger partial charge in [-0.3, -0.25) is 4.79 Å². The zero-order valence-electron chi connectivity index (χ0n) is 12.2. The van der Waals surface area contributed by atoms with Crippen molar-refractivity contribution in [3.8, 4) is 0 Å². The number of carbonyl (C=O) groups is 1. The maximum absolute atomic E-state index is 12.7. The van der Waals surface area contributed by atoms with E-state index in [1.165, 1.54) is 6.07 Å². The lowest BCUT2D eigenvalue weighted by Gasteiger charge is -2.26. The lowest BCUT2D eigenvalue weighted by atomic mass is 10.2. The third-order valence-corrected chi connectivity index (χ3v) is 3.27. The SMILES string of the molecule is CC(C)CN(CC(F)(F)F)C(=O)c1cc(N)cn1C1CC1. The molecule has 2 N–H and O–H groups in total. The fourth-order valence-corrected chi connectivity index (χ4v) is 2.37. The molecule has 0 spiro atoms. The van der Waals surface area contributed by atoms with Crippen molar-refractivity contribution in [3.05, 3.63) is 18.0 Å². The second-order valence-corrected chi connectivity index (χ2v) is 5.99. The lowest BCUT2D eigenvalue weighted by Crippen LogP contribution is -2.41.